The maximum atomic E-state index is 4.67. The number of thiophene rings is 1. The fraction of sp³-hybridized carbons (Fsp3) is 0.316. The fourth-order valence-corrected chi connectivity index (χ4v) is 3.11. The van der Waals surface area contributed by atoms with Crippen LogP contribution in [0.5, 0.6) is 0 Å². The first-order valence-electron chi connectivity index (χ1n) is 8.66. The zero-order valence-corrected chi connectivity index (χ0v) is 16.0. The largest absolute Gasteiger partial charge is 0.356 e. The molecule has 0 aliphatic carbocycles. The van der Waals surface area contributed by atoms with Gasteiger partial charge in [-0.05, 0) is 30.4 Å². The zero-order valence-electron chi connectivity index (χ0n) is 15.1. The van der Waals surface area contributed by atoms with Crippen LogP contribution in [0.15, 0.2) is 52.8 Å². The van der Waals surface area contributed by atoms with Crippen LogP contribution in [-0.4, -0.2) is 27.3 Å². The summed E-state index contributed by atoms with van der Waals surface area (Å²) in [5, 5.41) is 17.2. The quantitative estimate of drug-likeness (QED) is 0.497. The molecule has 0 bridgehead atoms. The Morgan fingerprint density at radius 2 is 1.96 bits per heavy atom. The summed E-state index contributed by atoms with van der Waals surface area (Å²) in [4.78, 5) is 5.95. The summed E-state index contributed by atoms with van der Waals surface area (Å²) in [7, 11) is 1.96. The van der Waals surface area contributed by atoms with Gasteiger partial charge in [-0.25, -0.2) is 4.99 Å². The standard InChI is InChI=1S/C19H24N6S/c1-15-23-24-18(25(15)2)14-22-19(21-13-17-9-6-12-26-17)20-11-10-16-7-4-3-5-8-16/h3-9,12H,10-11,13-14H2,1-2H3,(H2,20,21,22). The number of aryl methyl sites for hydroxylation is 1. The average molecular weight is 369 g/mol. The highest BCUT2D eigenvalue weighted by Crippen LogP contribution is 2.07. The average Bonchev–Trinajstić information content (AvgIpc) is 3.29. The minimum absolute atomic E-state index is 0.489. The molecule has 0 spiro atoms. The summed E-state index contributed by atoms with van der Waals surface area (Å²) in [5.41, 5.74) is 1.31. The number of nitrogens with zero attached hydrogens (tertiary/aromatic N) is 4. The van der Waals surface area contributed by atoms with Gasteiger partial charge >= 0.3 is 0 Å². The second-order valence-corrected chi connectivity index (χ2v) is 7.01. The highest BCUT2D eigenvalue weighted by atomic mass is 32.1. The van der Waals surface area contributed by atoms with Gasteiger partial charge in [-0.15, -0.1) is 21.5 Å². The number of aromatic nitrogens is 3. The molecule has 0 amide bonds. The lowest BCUT2D eigenvalue weighted by atomic mass is 10.1. The molecule has 3 rings (SSSR count). The molecule has 7 heteroatoms. The van der Waals surface area contributed by atoms with E-state index >= 15 is 0 Å². The first-order chi connectivity index (χ1) is 12.7. The first kappa shape index (κ1) is 18.1. The molecule has 6 nitrogen and oxygen atoms in total. The first-order valence-corrected chi connectivity index (χ1v) is 9.53. The molecule has 0 fully saturated rings. The van der Waals surface area contributed by atoms with Crippen molar-refractivity contribution in [1.82, 2.24) is 25.4 Å². The number of benzene rings is 1. The van der Waals surface area contributed by atoms with Crippen LogP contribution >= 0.6 is 11.3 Å². The molecule has 0 atom stereocenters. The van der Waals surface area contributed by atoms with Crippen molar-refractivity contribution in [2.75, 3.05) is 6.54 Å². The second-order valence-electron chi connectivity index (χ2n) is 5.98. The number of guanidine groups is 1. The monoisotopic (exact) mass is 368 g/mol. The predicted molar refractivity (Wildman–Crippen MR) is 106 cm³/mol. The van der Waals surface area contributed by atoms with Crippen molar-refractivity contribution in [2.45, 2.75) is 26.4 Å². The highest BCUT2D eigenvalue weighted by molar-refractivity contribution is 7.09. The summed E-state index contributed by atoms with van der Waals surface area (Å²) >= 11 is 1.73. The van der Waals surface area contributed by atoms with Crippen molar-refractivity contribution >= 4 is 17.3 Å². The van der Waals surface area contributed by atoms with E-state index in [9.17, 15) is 0 Å². The van der Waals surface area contributed by atoms with E-state index in [-0.39, 0.29) is 0 Å². The van der Waals surface area contributed by atoms with E-state index in [0.717, 1.165) is 37.1 Å². The molecule has 2 N–H and O–H groups in total. The highest BCUT2D eigenvalue weighted by Gasteiger charge is 2.05. The van der Waals surface area contributed by atoms with Gasteiger partial charge in [0.15, 0.2) is 11.8 Å². The third-order valence-electron chi connectivity index (χ3n) is 4.12. The molecule has 0 aliphatic heterocycles. The molecule has 0 aliphatic rings. The second kappa shape index (κ2) is 9.15. The van der Waals surface area contributed by atoms with Crippen LogP contribution in [-0.2, 0) is 26.6 Å². The van der Waals surface area contributed by atoms with Crippen LogP contribution in [0.4, 0.5) is 0 Å². The van der Waals surface area contributed by atoms with Crippen LogP contribution in [0.25, 0.3) is 0 Å². The van der Waals surface area contributed by atoms with Crippen molar-refractivity contribution in [3.63, 3.8) is 0 Å². The maximum absolute atomic E-state index is 4.67. The Hall–Kier alpha value is -2.67. The summed E-state index contributed by atoms with van der Waals surface area (Å²) in [6.45, 7) is 4.00. The van der Waals surface area contributed by atoms with Gasteiger partial charge in [-0.3, -0.25) is 0 Å². The lowest BCUT2D eigenvalue weighted by Gasteiger charge is -2.12. The third-order valence-corrected chi connectivity index (χ3v) is 5.00. The summed E-state index contributed by atoms with van der Waals surface area (Å²) < 4.78 is 1.96. The van der Waals surface area contributed by atoms with E-state index in [2.05, 4.69) is 67.6 Å². The number of hydrogen-bond acceptors (Lipinski definition) is 4. The number of nitrogens with one attached hydrogen (secondary N) is 2. The van der Waals surface area contributed by atoms with Gasteiger partial charge in [-0.1, -0.05) is 36.4 Å². The van der Waals surface area contributed by atoms with E-state index < -0.39 is 0 Å². The Balaban J connectivity index is 1.60. The molecule has 26 heavy (non-hydrogen) atoms. The lowest BCUT2D eigenvalue weighted by molar-refractivity contribution is 0.750. The van der Waals surface area contributed by atoms with Crippen LogP contribution in [0, 0.1) is 6.92 Å². The Kier molecular flexibility index (Phi) is 6.38. The fourth-order valence-electron chi connectivity index (χ4n) is 2.47. The smallest absolute Gasteiger partial charge is 0.192 e. The van der Waals surface area contributed by atoms with Crippen molar-refractivity contribution in [3.05, 3.63) is 69.9 Å². The third kappa shape index (κ3) is 5.16. The topological polar surface area (TPSA) is 67.1 Å². The molecule has 2 heterocycles. The van der Waals surface area contributed by atoms with Gasteiger partial charge in [-0.2, -0.15) is 0 Å². The molecule has 0 saturated heterocycles. The van der Waals surface area contributed by atoms with Crippen LogP contribution in [0.3, 0.4) is 0 Å². The molecule has 3 aromatic rings. The number of rotatable bonds is 7. The number of aliphatic imine (C=N–C) groups is 1. The van der Waals surface area contributed by atoms with E-state index in [4.69, 9.17) is 0 Å². The Labute approximate surface area is 158 Å². The normalized spacial score (nSPS) is 11.5. The Morgan fingerprint density at radius 1 is 1.12 bits per heavy atom. The van der Waals surface area contributed by atoms with Gasteiger partial charge < -0.3 is 15.2 Å². The maximum Gasteiger partial charge on any atom is 0.192 e. The van der Waals surface area contributed by atoms with Crippen molar-refractivity contribution < 1.29 is 0 Å². The molecule has 136 valence electrons. The molecule has 0 radical (unpaired) electrons. The molecular formula is C19H24N6S. The van der Waals surface area contributed by atoms with Gasteiger partial charge in [0, 0.05) is 18.5 Å². The van der Waals surface area contributed by atoms with Gasteiger partial charge in [0.05, 0.1) is 6.54 Å². The van der Waals surface area contributed by atoms with Crippen LogP contribution < -0.4 is 10.6 Å². The lowest BCUT2D eigenvalue weighted by Crippen LogP contribution is -2.38. The summed E-state index contributed by atoms with van der Waals surface area (Å²) in [6, 6.07) is 14.6. The van der Waals surface area contributed by atoms with Gasteiger partial charge in [0.2, 0.25) is 0 Å². The van der Waals surface area contributed by atoms with Gasteiger partial charge in [0.25, 0.3) is 0 Å². The predicted octanol–water partition coefficient (Wildman–Crippen LogP) is 2.66. The Morgan fingerprint density at radius 3 is 2.65 bits per heavy atom. The minimum atomic E-state index is 0.489. The molecule has 0 unspecified atom stereocenters. The van der Waals surface area contributed by atoms with Crippen molar-refractivity contribution in [3.8, 4) is 0 Å². The zero-order chi connectivity index (χ0) is 18.2. The summed E-state index contributed by atoms with van der Waals surface area (Å²) in [5.74, 6) is 2.53. The van der Waals surface area contributed by atoms with E-state index in [1.54, 1.807) is 11.3 Å². The Bertz CT molecular complexity index is 823. The molecule has 0 saturated carbocycles. The van der Waals surface area contributed by atoms with E-state index in [1.807, 2.05) is 24.6 Å². The molecule has 1 aromatic carbocycles. The summed E-state index contributed by atoms with van der Waals surface area (Å²) in [6.07, 6.45) is 0.948. The van der Waals surface area contributed by atoms with E-state index in [0.29, 0.717) is 6.54 Å². The SMILES string of the molecule is Cc1nnc(CN=C(NCCc2ccccc2)NCc2cccs2)n1C. The van der Waals surface area contributed by atoms with E-state index in [1.165, 1.54) is 10.4 Å². The van der Waals surface area contributed by atoms with Gasteiger partial charge in [0.1, 0.15) is 12.4 Å². The minimum Gasteiger partial charge on any atom is -0.356 e. The van der Waals surface area contributed by atoms with Crippen LogP contribution in [0.1, 0.15) is 22.1 Å². The molecule has 2 aromatic heterocycles. The molecular weight excluding hydrogens is 344 g/mol. The number of hydrogen-bond donors (Lipinski definition) is 2. The van der Waals surface area contributed by atoms with Crippen molar-refractivity contribution in [2.24, 2.45) is 12.0 Å². The van der Waals surface area contributed by atoms with Crippen LogP contribution in [0.2, 0.25) is 0 Å². The van der Waals surface area contributed by atoms with Crippen molar-refractivity contribution in [1.29, 1.82) is 0 Å².